The van der Waals surface area contributed by atoms with E-state index in [2.05, 4.69) is 24.7 Å². The van der Waals surface area contributed by atoms with Crippen LogP contribution in [0.4, 0.5) is 10.5 Å². The highest BCUT2D eigenvalue weighted by Gasteiger charge is 2.42. The van der Waals surface area contributed by atoms with Crippen LogP contribution in [0.25, 0.3) is 0 Å². The van der Waals surface area contributed by atoms with E-state index in [1.54, 1.807) is 17.3 Å². The summed E-state index contributed by atoms with van der Waals surface area (Å²) < 4.78 is 9.28. The Kier molecular flexibility index (Phi) is 11.9. The highest BCUT2D eigenvalue weighted by molar-refractivity contribution is 5.97. The number of piperazine rings is 2. The lowest BCUT2D eigenvalue weighted by atomic mass is 10.0. The number of ether oxygens (including phenoxy) is 2. The third kappa shape index (κ3) is 8.18. The predicted octanol–water partition coefficient (Wildman–Crippen LogP) is -1.05. The summed E-state index contributed by atoms with van der Waals surface area (Å²) in [5.74, 6) is -3.96. The molecule has 0 spiro atoms. The Hall–Kier alpha value is -4.14. The number of rotatable bonds is 9. The number of nitrogens with one attached hydrogen (secondary N) is 1. The molecule has 3 rings (SSSR count). The van der Waals surface area contributed by atoms with Gasteiger partial charge in [-0.1, -0.05) is 0 Å². The van der Waals surface area contributed by atoms with Gasteiger partial charge in [-0.3, -0.25) is 29.0 Å². The average molecular weight is 585 g/mol. The number of carbonyl (C=O) groups excluding carboxylic acids is 5. The molecule has 2 saturated heterocycles. The van der Waals surface area contributed by atoms with Gasteiger partial charge < -0.3 is 39.5 Å². The van der Waals surface area contributed by atoms with E-state index >= 15 is 0 Å². The molecule has 0 saturated carbocycles. The summed E-state index contributed by atoms with van der Waals surface area (Å²) in [5.41, 5.74) is 0.973. The molecule has 220 valence electrons. The van der Waals surface area contributed by atoms with Crippen molar-refractivity contribution >= 4 is 53.8 Å². The van der Waals surface area contributed by atoms with Crippen LogP contribution in [0, 0.1) is 0 Å². The van der Waals surface area contributed by atoms with Gasteiger partial charge in [-0.15, -0.1) is 12.4 Å². The van der Waals surface area contributed by atoms with Gasteiger partial charge in [-0.2, -0.15) is 0 Å². The third-order valence-corrected chi connectivity index (χ3v) is 6.60. The SMILES string of the molecule is COC(=O)C[C@@H]1C(=O)N(CC(=O)O)CCN1C(=O)[C@H](CC(=O)N1CCN(c2ccncc2)CC1)NC(=O)OC.Cl. The molecule has 1 aromatic rings. The zero-order valence-electron chi connectivity index (χ0n) is 22.2. The number of carbonyl (C=O) groups is 6. The minimum absolute atomic E-state index is 0. The number of nitrogens with zero attached hydrogens (tertiary/aromatic N) is 5. The zero-order valence-corrected chi connectivity index (χ0v) is 23.0. The topological polar surface area (TPSA) is 179 Å². The standard InChI is InChI=1S/C24H32N6O9.ClH/c1-38-21(34)14-18-23(36)29(15-20(32)33)11-12-30(18)22(35)17(26-24(37)39-2)13-19(31)28-9-7-27(8-10-28)16-3-5-25-6-4-16;/h3-6,17-18H,7-15H2,1-2H3,(H,26,37)(H,32,33);1H/t17-,18+;/m0./s1. The number of hydrogen-bond acceptors (Lipinski definition) is 10. The number of amides is 4. The number of halogens is 1. The lowest BCUT2D eigenvalue weighted by Gasteiger charge is -2.41. The minimum Gasteiger partial charge on any atom is -0.480 e. The molecule has 0 aliphatic carbocycles. The fourth-order valence-corrected chi connectivity index (χ4v) is 4.54. The first-order valence-corrected chi connectivity index (χ1v) is 12.3. The van der Waals surface area contributed by atoms with Crippen LogP contribution in [0.3, 0.4) is 0 Å². The lowest BCUT2D eigenvalue weighted by molar-refractivity contribution is -0.159. The molecule has 0 bridgehead atoms. The van der Waals surface area contributed by atoms with Gasteiger partial charge >= 0.3 is 18.0 Å². The van der Waals surface area contributed by atoms with Gasteiger partial charge in [0.1, 0.15) is 18.6 Å². The maximum atomic E-state index is 13.6. The number of aliphatic carboxylic acids is 1. The summed E-state index contributed by atoms with van der Waals surface area (Å²) in [4.78, 5) is 84.8. The van der Waals surface area contributed by atoms with E-state index in [0.717, 1.165) is 29.7 Å². The second kappa shape index (κ2) is 14.9. The molecule has 1 aromatic heterocycles. The van der Waals surface area contributed by atoms with E-state index in [9.17, 15) is 28.8 Å². The van der Waals surface area contributed by atoms with Gasteiger partial charge in [0.25, 0.3) is 0 Å². The molecule has 0 radical (unpaired) electrons. The summed E-state index contributed by atoms with van der Waals surface area (Å²) in [6.07, 6.45) is 1.48. The summed E-state index contributed by atoms with van der Waals surface area (Å²) in [7, 11) is 2.22. The van der Waals surface area contributed by atoms with E-state index in [0.29, 0.717) is 26.2 Å². The first-order chi connectivity index (χ1) is 18.6. The van der Waals surface area contributed by atoms with Gasteiger partial charge in [0.2, 0.25) is 17.7 Å². The first kappa shape index (κ1) is 32.1. The molecule has 2 N–H and O–H groups in total. The number of esters is 1. The fraction of sp³-hybridized carbons (Fsp3) is 0.542. The van der Waals surface area contributed by atoms with Gasteiger partial charge in [0, 0.05) is 57.3 Å². The summed E-state index contributed by atoms with van der Waals surface area (Å²) in [6.45, 7) is 1.06. The highest BCUT2D eigenvalue weighted by atomic mass is 35.5. The van der Waals surface area contributed by atoms with Crippen LogP contribution in [0.1, 0.15) is 12.8 Å². The first-order valence-electron chi connectivity index (χ1n) is 12.3. The van der Waals surface area contributed by atoms with Crippen molar-refractivity contribution in [2.75, 3.05) is 64.9 Å². The normalized spacial score (nSPS) is 17.9. The van der Waals surface area contributed by atoms with Crippen molar-refractivity contribution in [3.8, 4) is 0 Å². The molecule has 2 aliphatic rings. The Labute approximate surface area is 236 Å². The molecule has 15 nitrogen and oxygen atoms in total. The highest BCUT2D eigenvalue weighted by Crippen LogP contribution is 2.19. The van der Waals surface area contributed by atoms with Crippen molar-refractivity contribution in [1.82, 2.24) is 25.0 Å². The number of carboxylic acids is 1. The molecule has 16 heteroatoms. The van der Waals surface area contributed by atoms with Crippen LogP contribution in [0.2, 0.25) is 0 Å². The molecule has 2 aliphatic heterocycles. The van der Waals surface area contributed by atoms with Crippen molar-refractivity contribution < 1.29 is 43.3 Å². The predicted molar refractivity (Wildman–Crippen MR) is 141 cm³/mol. The number of alkyl carbamates (subject to hydrolysis) is 1. The van der Waals surface area contributed by atoms with Crippen LogP contribution < -0.4 is 10.2 Å². The minimum atomic E-state index is -1.39. The molecule has 2 atom stereocenters. The van der Waals surface area contributed by atoms with Crippen molar-refractivity contribution in [2.45, 2.75) is 24.9 Å². The van der Waals surface area contributed by atoms with Crippen LogP contribution in [-0.4, -0.2) is 133 Å². The van der Waals surface area contributed by atoms with E-state index in [-0.39, 0.29) is 31.4 Å². The molecule has 0 aromatic carbocycles. The van der Waals surface area contributed by atoms with Crippen LogP contribution in [0.5, 0.6) is 0 Å². The van der Waals surface area contributed by atoms with Crippen LogP contribution in [-0.2, 0) is 33.4 Å². The summed E-state index contributed by atoms with van der Waals surface area (Å²) >= 11 is 0. The number of hydrogen-bond donors (Lipinski definition) is 2. The molecule has 3 heterocycles. The van der Waals surface area contributed by atoms with E-state index in [1.807, 2.05) is 12.1 Å². The van der Waals surface area contributed by atoms with Gasteiger partial charge in [0.15, 0.2) is 0 Å². The summed E-state index contributed by atoms with van der Waals surface area (Å²) in [6, 6.07) is 0.991. The smallest absolute Gasteiger partial charge is 0.407 e. The van der Waals surface area contributed by atoms with Crippen LogP contribution in [0.15, 0.2) is 24.5 Å². The molecular weight excluding hydrogens is 552 g/mol. The Balaban J connectivity index is 0.00000560. The molecule has 4 amide bonds. The van der Waals surface area contributed by atoms with Crippen LogP contribution >= 0.6 is 12.4 Å². The number of carboxylic acid groups (broad SMARTS) is 1. The molecule has 40 heavy (non-hydrogen) atoms. The Morgan fingerprint density at radius 3 is 2.25 bits per heavy atom. The van der Waals surface area contributed by atoms with Gasteiger partial charge in [-0.05, 0) is 12.1 Å². The maximum absolute atomic E-state index is 13.6. The maximum Gasteiger partial charge on any atom is 0.407 e. The Bertz CT molecular complexity index is 1080. The number of methoxy groups -OCH3 is 2. The van der Waals surface area contributed by atoms with E-state index < -0.39 is 61.3 Å². The van der Waals surface area contributed by atoms with Crippen molar-refractivity contribution in [2.24, 2.45) is 0 Å². The third-order valence-electron chi connectivity index (χ3n) is 6.60. The number of aromatic nitrogens is 1. The summed E-state index contributed by atoms with van der Waals surface area (Å²) in [5, 5.41) is 11.5. The lowest BCUT2D eigenvalue weighted by Crippen LogP contribution is -2.63. The second-order valence-electron chi connectivity index (χ2n) is 8.95. The molecule has 0 unspecified atom stereocenters. The van der Waals surface area contributed by atoms with Crippen molar-refractivity contribution in [1.29, 1.82) is 0 Å². The van der Waals surface area contributed by atoms with Gasteiger partial charge in [-0.25, -0.2) is 4.79 Å². The fourth-order valence-electron chi connectivity index (χ4n) is 4.54. The average Bonchev–Trinajstić information content (AvgIpc) is 2.94. The van der Waals surface area contributed by atoms with Crippen molar-refractivity contribution in [3.63, 3.8) is 0 Å². The molecular formula is C24H33ClN6O9. The Morgan fingerprint density at radius 2 is 1.68 bits per heavy atom. The van der Waals surface area contributed by atoms with Crippen molar-refractivity contribution in [3.05, 3.63) is 24.5 Å². The molecule has 2 fully saturated rings. The quantitative estimate of drug-likeness (QED) is 0.338. The number of pyridine rings is 1. The van der Waals surface area contributed by atoms with E-state index in [4.69, 9.17) is 5.11 Å². The van der Waals surface area contributed by atoms with Gasteiger partial charge in [0.05, 0.1) is 27.1 Å². The Morgan fingerprint density at radius 1 is 1.02 bits per heavy atom. The largest absolute Gasteiger partial charge is 0.480 e. The number of anilines is 1. The zero-order chi connectivity index (χ0) is 28.5. The monoisotopic (exact) mass is 584 g/mol. The van der Waals surface area contributed by atoms with E-state index in [1.165, 1.54) is 0 Å². The second-order valence-corrected chi connectivity index (χ2v) is 8.95.